The summed E-state index contributed by atoms with van der Waals surface area (Å²) in [5.41, 5.74) is -0.253. The van der Waals surface area contributed by atoms with Crippen LogP contribution in [0.15, 0.2) is 30.3 Å². The van der Waals surface area contributed by atoms with Gasteiger partial charge in [0.25, 0.3) is 5.91 Å². The van der Waals surface area contributed by atoms with E-state index in [-0.39, 0.29) is 0 Å². The summed E-state index contributed by atoms with van der Waals surface area (Å²) in [6.45, 7) is 1.84. The number of nitrogens with two attached hydrogens (primary N) is 1. The van der Waals surface area contributed by atoms with Crippen molar-refractivity contribution in [2.45, 2.75) is 18.9 Å². The van der Waals surface area contributed by atoms with Crippen LogP contribution in [0.1, 0.15) is 18.9 Å². The van der Waals surface area contributed by atoms with E-state index in [0.29, 0.717) is 11.4 Å². The Balaban J connectivity index is 2.50. The number of rotatable bonds is 2. The highest BCUT2D eigenvalue weighted by atomic mass is 16.2. The first-order valence-electron chi connectivity index (χ1n) is 5.09. The summed E-state index contributed by atoms with van der Waals surface area (Å²) < 4.78 is 0. The monoisotopic (exact) mass is 219 g/mol. The van der Waals surface area contributed by atoms with Gasteiger partial charge in [0, 0.05) is 0 Å². The molecule has 5 heteroatoms. The van der Waals surface area contributed by atoms with Crippen molar-refractivity contribution in [3.63, 3.8) is 0 Å². The Bertz CT molecular complexity index is 432. The molecule has 1 atom stereocenters. The summed E-state index contributed by atoms with van der Waals surface area (Å²) in [6.07, 6.45) is 0.468. The number of hydrazine groups is 1. The lowest BCUT2D eigenvalue weighted by atomic mass is 9.87. The van der Waals surface area contributed by atoms with Gasteiger partial charge in [-0.1, -0.05) is 37.3 Å². The predicted octanol–water partition coefficient (Wildman–Crippen LogP) is 0.717. The first kappa shape index (κ1) is 10.6. The highest BCUT2D eigenvalue weighted by Gasteiger charge is 2.50. The van der Waals surface area contributed by atoms with Crippen LogP contribution in [0.25, 0.3) is 0 Å². The number of hydrogen-bond donors (Lipinski definition) is 2. The number of amides is 3. The molecule has 0 spiro atoms. The van der Waals surface area contributed by atoms with E-state index in [1.807, 2.05) is 25.1 Å². The maximum atomic E-state index is 12.0. The van der Waals surface area contributed by atoms with E-state index in [0.717, 1.165) is 5.56 Å². The fourth-order valence-corrected chi connectivity index (χ4v) is 1.96. The van der Waals surface area contributed by atoms with Gasteiger partial charge in [0.05, 0.1) is 0 Å². The number of carbonyl (C=O) groups excluding carboxylic acids is 2. The molecule has 0 aromatic heterocycles. The molecule has 3 amide bonds. The number of urea groups is 1. The number of imide groups is 1. The number of hydrogen-bond acceptors (Lipinski definition) is 3. The smallest absolute Gasteiger partial charge is 0.318 e. The summed E-state index contributed by atoms with van der Waals surface area (Å²) >= 11 is 0. The van der Waals surface area contributed by atoms with Gasteiger partial charge in [-0.15, -0.1) is 0 Å². The molecule has 0 radical (unpaired) electrons. The van der Waals surface area contributed by atoms with Crippen LogP contribution < -0.4 is 11.2 Å². The van der Waals surface area contributed by atoms with Gasteiger partial charge in [-0.3, -0.25) is 4.79 Å². The molecule has 0 saturated carbocycles. The molecule has 1 aliphatic rings. The van der Waals surface area contributed by atoms with Crippen molar-refractivity contribution >= 4 is 11.9 Å². The van der Waals surface area contributed by atoms with Crippen molar-refractivity contribution in [1.82, 2.24) is 10.3 Å². The quantitative estimate of drug-likeness (QED) is 0.437. The number of nitrogens with one attached hydrogen (secondary N) is 1. The maximum absolute atomic E-state index is 12.0. The fourth-order valence-electron chi connectivity index (χ4n) is 1.96. The fraction of sp³-hybridized carbons (Fsp3) is 0.273. The number of benzene rings is 1. The molecule has 84 valence electrons. The summed E-state index contributed by atoms with van der Waals surface area (Å²) in [7, 11) is 0. The van der Waals surface area contributed by atoms with Crippen LogP contribution in [0.3, 0.4) is 0 Å². The Morgan fingerprint density at radius 2 is 1.94 bits per heavy atom. The Morgan fingerprint density at radius 1 is 1.31 bits per heavy atom. The van der Waals surface area contributed by atoms with E-state index >= 15 is 0 Å². The van der Waals surface area contributed by atoms with Crippen molar-refractivity contribution < 1.29 is 9.59 Å². The van der Waals surface area contributed by atoms with E-state index in [1.54, 1.807) is 12.1 Å². The van der Waals surface area contributed by atoms with Crippen molar-refractivity contribution in [1.29, 1.82) is 0 Å². The molecule has 3 N–H and O–H groups in total. The van der Waals surface area contributed by atoms with Crippen LogP contribution >= 0.6 is 0 Å². The second-order valence-electron chi connectivity index (χ2n) is 3.73. The lowest BCUT2D eigenvalue weighted by Crippen LogP contribution is -2.44. The van der Waals surface area contributed by atoms with Crippen molar-refractivity contribution in [3.05, 3.63) is 35.9 Å². The Morgan fingerprint density at radius 3 is 2.38 bits per heavy atom. The lowest BCUT2D eigenvalue weighted by Gasteiger charge is -2.24. The average Bonchev–Trinajstić information content (AvgIpc) is 2.55. The molecule has 2 rings (SSSR count). The van der Waals surface area contributed by atoms with Crippen LogP contribution in [0, 0.1) is 0 Å². The normalized spacial score (nSPS) is 24.8. The van der Waals surface area contributed by atoms with Crippen LogP contribution in [0.5, 0.6) is 0 Å². The minimum Gasteiger partial charge on any atom is -0.318 e. The molecule has 1 aliphatic heterocycles. The van der Waals surface area contributed by atoms with Crippen LogP contribution in [0.4, 0.5) is 4.79 Å². The largest absolute Gasteiger partial charge is 0.339 e. The van der Waals surface area contributed by atoms with Gasteiger partial charge >= 0.3 is 6.03 Å². The molecular formula is C11H13N3O2. The second kappa shape index (κ2) is 3.61. The van der Waals surface area contributed by atoms with Gasteiger partial charge < -0.3 is 5.32 Å². The molecule has 1 fully saturated rings. The van der Waals surface area contributed by atoms with Gasteiger partial charge in [0.2, 0.25) is 0 Å². The number of carbonyl (C=O) groups is 2. The molecule has 1 heterocycles. The standard InChI is InChI=1S/C11H13N3O2/c1-2-11(8-6-4-3-5-7-8)9(15)14(12)10(16)13-11/h3-7H,2,12H2,1H3,(H,13,16)/t11-/m1/s1. The summed E-state index contributed by atoms with van der Waals surface area (Å²) in [4.78, 5) is 23.4. The maximum Gasteiger partial charge on any atom is 0.339 e. The van der Waals surface area contributed by atoms with Crippen molar-refractivity contribution in [2.75, 3.05) is 0 Å². The van der Waals surface area contributed by atoms with Gasteiger partial charge in [-0.05, 0) is 12.0 Å². The van der Waals surface area contributed by atoms with Gasteiger partial charge in [-0.2, -0.15) is 5.01 Å². The molecule has 5 nitrogen and oxygen atoms in total. The predicted molar refractivity (Wildman–Crippen MR) is 58.0 cm³/mol. The second-order valence-corrected chi connectivity index (χ2v) is 3.73. The third-order valence-corrected chi connectivity index (χ3v) is 2.92. The van der Waals surface area contributed by atoms with E-state index in [2.05, 4.69) is 5.32 Å². The van der Waals surface area contributed by atoms with Gasteiger partial charge in [0.1, 0.15) is 5.54 Å². The van der Waals surface area contributed by atoms with E-state index in [4.69, 9.17) is 5.84 Å². The third-order valence-electron chi connectivity index (χ3n) is 2.92. The zero-order valence-electron chi connectivity index (χ0n) is 8.93. The highest BCUT2D eigenvalue weighted by Crippen LogP contribution is 2.30. The van der Waals surface area contributed by atoms with Gasteiger partial charge in [-0.25, -0.2) is 10.6 Å². The molecule has 16 heavy (non-hydrogen) atoms. The molecule has 1 aromatic carbocycles. The zero-order valence-corrected chi connectivity index (χ0v) is 8.93. The summed E-state index contributed by atoms with van der Waals surface area (Å²) in [5, 5.41) is 3.28. The molecule has 0 bridgehead atoms. The SMILES string of the molecule is CC[C@]1(c2ccccc2)NC(=O)N(N)C1=O. The molecular weight excluding hydrogens is 206 g/mol. The lowest BCUT2D eigenvalue weighted by molar-refractivity contribution is -0.132. The molecule has 1 aromatic rings. The first-order chi connectivity index (χ1) is 7.62. The molecule has 0 unspecified atom stereocenters. The highest BCUT2D eigenvalue weighted by molar-refractivity contribution is 6.06. The van der Waals surface area contributed by atoms with E-state index in [9.17, 15) is 9.59 Å². The Labute approximate surface area is 93.2 Å². The van der Waals surface area contributed by atoms with Crippen LogP contribution in [-0.4, -0.2) is 16.9 Å². The minimum atomic E-state index is -1.01. The van der Waals surface area contributed by atoms with Crippen LogP contribution in [-0.2, 0) is 10.3 Å². The van der Waals surface area contributed by atoms with Crippen molar-refractivity contribution in [3.8, 4) is 0 Å². The summed E-state index contributed by atoms with van der Waals surface area (Å²) in [5.74, 6) is 4.97. The third kappa shape index (κ3) is 1.29. The van der Waals surface area contributed by atoms with Gasteiger partial charge in [0.15, 0.2) is 0 Å². The first-order valence-corrected chi connectivity index (χ1v) is 5.09. The van der Waals surface area contributed by atoms with E-state index in [1.165, 1.54) is 0 Å². The average molecular weight is 219 g/mol. The molecule has 1 saturated heterocycles. The van der Waals surface area contributed by atoms with E-state index < -0.39 is 17.5 Å². The Kier molecular flexibility index (Phi) is 2.40. The minimum absolute atomic E-state index is 0.411. The molecule has 0 aliphatic carbocycles. The van der Waals surface area contributed by atoms with Crippen LogP contribution in [0.2, 0.25) is 0 Å². The Hall–Kier alpha value is -1.88. The van der Waals surface area contributed by atoms with Crippen molar-refractivity contribution in [2.24, 2.45) is 5.84 Å². The number of nitrogens with zero attached hydrogens (tertiary/aromatic N) is 1. The topological polar surface area (TPSA) is 75.4 Å². The zero-order chi connectivity index (χ0) is 11.8. The summed E-state index contributed by atoms with van der Waals surface area (Å²) in [6, 6.07) is 8.56.